The standard InChI is InChI=1S/C18H19NO3S/c1-21-13-7-5-6-12(10-13)11-19-17-16(18(20)22-2)14-8-3-4-9-15(14)23-17/h5-7,10-11H,3-4,8-9H2,1-2H3/b19-11+. The number of esters is 1. The molecule has 0 atom stereocenters. The van der Waals surface area contributed by atoms with Crippen LogP contribution in [0.15, 0.2) is 29.3 Å². The summed E-state index contributed by atoms with van der Waals surface area (Å²) in [5, 5.41) is 0.742. The zero-order chi connectivity index (χ0) is 16.2. The number of thiophene rings is 1. The monoisotopic (exact) mass is 329 g/mol. The van der Waals surface area contributed by atoms with Gasteiger partial charge in [0.1, 0.15) is 10.8 Å². The lowest BCUT2D eigenvalue weighted by molar-refractivity contribution is 0.0601. The summed E-state index contributed by atoms with van der Waals surface area (Å²) in [5.41, 5.74) is 2.71. The maximum atomic E-state index is 12.2. The van der Waals surface area contributed by atoms with Gasteiger partial charge in [0.15, 0.2) is 0 Å². The number of fused-ring (bicyclic) bond motifs is 1. The predicted molar refractivity (Wildman–Crippen MR) is 92.5 cm³/mol. The molecule has 120 valence electrons. The number of aryl methyl sites for hydroxylation is 1. The quantitative estimate of drug-likeness (QED) is 0.625. The molecule has 0 unspecified atom stereocenters. The molecule has 2 aromatic rings. The number of rotatable bonds is 4. The highest BCUT2D eigenvalue weighted by Crippen LogP contribution is 2.40. The summed E-state index contributed by atoms with van der Waals surface area (Å²) in [6.07, 6.45) is 6.02. The number of hydrogen-bond acceptors (Lipinski definition) is 5. The van der Waals surface area contributed by atoms with Crippen molar-refractivity contribution in [3.05, 3.63) is 45.8 Å². The number of benzene rings is 1. The van der Waals surface area contributed by atoms with Gasteiger partial charge in [0, 0.05) is 11.1 Å². The summed E-state index contributed by atoms with van der Waals surface area (Å²) in [6, 6.07) is 7.67. The lowest BCUT2D eigenvalue weighted by Gasteiger charge is -2.11. The van der Waals surface area contributed by atoms with Gasteiger partial charge in [-0.3, -0.25) is 0 Å². The fourth-order valence-electron chi connectivity index (χ4n) is 2.81. The number of ether oxygens (including phenoxy) is 2. The Bertz CT molecular complexity index is 749. The molecule has 3 rings (SSSR count). The van der Waals surface area contributed by atoms with Gasteiger partial charge in [0.05, 0.1) is 19.8 Å². The Morgan fingerprint density at radius 1 is 1.26 bits per heavy atom. The van der Waals surface area contributed by atoms with Gasteiger partial charge in [-0.15, -0.1) is 11.3 Å². The minimum Gasteiger partial charge on any atom is -0.497 e. The van der Waals surface area contributed by atoms with E-state index >= 15 is 0 Å². The molecule has 0 spiro atoms. The van der Waals surface area contributed by atoms with E-state index in [-0.39, 0.29) is 5.97 Å². The number of nitrogens with zero attached hydrogens (tertiary/aromatic N) is 1. The highest BCUT2D eigenvalue weighted by Gasteiger charge is 2.25. The van der Waals surface area contributed by atoms with Gasteiger partial charge in [-0.1, -0.05) is 12.1 Å². The van der Waals surface area contributed by atoms with Gasteiger partial charge in [-0.05, 0) is 48.9 Å². The van der Waals surface area contributed by atoms with Crippen LogP contribution in [0.5, 0.6) is 5.75 Å². The summed E-state index contributed by atoms with van der Waals surface area (Å²) in [6.45, 7) is 0. The van der Waals surface area contributed by atoms with Crippen LogP contribution in [0.3, 0.4) is 0 Å². The van der Waals surface area contributed by atoms with E-state index in [1.54, 1.807) is 24.7 Å². The molecule has 23 heavy (non-hydrogen) atoms. The molecule has 1 aliphatic rings. The molecule has 0 aliphatic heterocycles. The molecule has 0 saturated carbocycles. The molecule has 1 aromatic heterocycles. The Morgan fingerprint density at radius 2 is 2.09 bits per heavy atom. The summed E-state index contributed by atoms with van der Waals surface area (Å²) < 4.78 is 10.2. The Labute approximate surface area is 139 Å². The fourth-order valence-corrected chi connectivity index (χ4v) is 4.03. The van der Waals surface area contributed by atoms with E-state index in [1.807, 2.05) is 24.3 Å². The van der Waals surface area contributed by atoms with Crippen molar-refractivity contribution in [2.75, 3.05) is 14.2 Å². The largest absolute Gasteiger partial charge is 0.497 e. The van der Waals surface area contributed by atoms with Gasteiger partial charge < -0.3 is 9.47 Å². The van der Waals surface area contributed by atoms with Gasteiger partial charge in [0.2, 0.25) is 0 Å². The number of methoxy groups -OCH3 is 2. The average molecular weight is 329 g/mol. The van der Waals surface area contributed by atoms with Crippen LogP contribution in [-0.4, -0.2) is 26.4 Å². The van der Waals surface area contributed by atoms with Crippen LogP contribution in [-0.2, 0) is 17.6 Å². The summed E-state index contributed by atoms with van der Waals surface area (Å²) in [5.74, 6) is 0.495. The zero-order valence-electron chi connectivity index (χ0n) is 13.3. The third kappa shape index (κ3) is 3.29. The molecule has 0 radical (unpaired) electrons. The van der Waals surface area contributed by atoms with E-state index in [4.69, 9.17) is 9.47 Å². The van der Waals surface area contributed by atoms with Crippen molar-refractivity contribution >= 4 is 28.5 Å². The smallest absolute Gasteiger partial charge is 0.341 e. The zero-order valence-corrected chi connectivity index (χ0v) is 14.1. The van der Waals surface area contributed by atoms with Crippen LogP contribution < -0.4 is 4.74 Å². The van der Waals surface area contributed by atoms with Crippen LogP contribution >= 0.6 is 11.3 Å². The second-order valence-electron chi connectivity index (χ2n) is 5.42. The van der Waals surface area contributed by atoms with Crippen LogP contribution in [0.1, 0.15) is 39.2 Å². The van der Waals surface area contributed by atoms with Crippen LogP contribution in [0.4, 0.5) is 5.00 Å². The second kappa shape index (κ2) is 6.96. The fraction of sp³-hybridized carbons (Fsp3) is 0.333. The topological polar surface area (TPSA) is 47.9 Å². The normalized spacial score (nSPS) is 13.8. The van der Waals surface area contributed by atoms with Crippen molar-refractivity contribution < 1.29 is 14.3 Å². The van der Waals surface area contributed by atoms with Crippen LogP contribution in [0.25, 0.3) is 0 Å². The first-order valence-corrected chi connectivity index (χ1v) is 8.45. The summed E-state index contributed by atoms with van der Waals surface area (Å²) in [4.78, 5) is 18.0. The van der Waals surface area contributed by atoms with Crippen molar-refractivity contribution in [2.24, 2.45) is 4.99 Å². The first kappa shape index (κ1) is 15.7. The molecule has 1 aromatic carbocycles. The first-order valence-electron chi connectivity index (χ1n) is 7.64. The van der Waals surface area contributed by atoms with Crippen molar-refractivity contribution in [2.45, 2.75) is 25.7 Å². The van der Waals surface area contributed by atoms with E-state index in [9.17, 15) is 4.79 Å². The highest BCUT2D eigenvalue weighted by atomic mass is 32.1. The highest BCUT2D eigenvalue weighted by molar-refractivity contribution is 7.16. The minimum absolute atomic E-state index is 0.290. The maximum Gasteiger partial charge on any atom is 0.341 e. The van der Waals surface area contributed by atoms with Crippen molar-refractivity contribution in [1.82, 2.24) is 0 Å². The van der Waals surface area contributed by atoms with Crippen LogP contribution in [0.2, 0.25) is 0 Å². The van der Waals surface area contributed by atoms with Gasteiger partial charge in [0.25, 0.3) is 0 Å². The Morgan fingerprint density at radius 3 is 2.87 bits per heavy atom. The van der Waals surface area contributed by atoms with E-state index in [0.717, 1.165) is 41.1 Å². The Hall–Kier alpha value is -2.14. The van der Waals surface area contributed by atoms with Crippen molar-refractivity contribution in [1.29, 1.82) is 0 Å². The third-order valence-corrected chi connectivity index (χ3v) is 5.17. The number of aliphatic imine (C=N–C) groups is 1. The molecule has 0 N–H and O–H groups in total. The minimum atomic E-state index is -0.290. The van der Waals surface area contributed by atoms with Crippen LogP contribution in [0, 0.1) is 0 Å². The molecule has 0 saturated heterocycles. The lowest BCUT2D eigenvalue weighted by atomic mass is 9.95. The molecule has 1 aliphatic carbocycles. The third-order valence-electron chi connectivity index (χ3n) is 3.97. The molecule has 0 bridgehead atoms. The SMILES string of the molecule is COC(=O)c1c(/N=C/c2cccc(OC)c2)sc2c1CCCC2. The van der Waals surface area contributed by atoms with E-state index in [0.29, 0.717) is 5.56 Å². The Balaban J connectivity index is 1.97. The summed E-state index contributed by atoms with van der Waals surface area (Å²) in [7, 11) is 3.06. The van der Waals surface area contributed by atoms with E-state index in [2.05, 4.69) is 4.99 Å². The molecule has 1 heterocycles. The molecule has 0 fully saturated rings. The lowest BCUT2D eigenvalue weighted by Crippen LogP contribution is -2.07. The predicted octanol–water partition coefficient (Wildman–Crippen LogP) is 4.17. The number of carbonyl (C=O) groups excluding carboxylic acids is 1. The molecular weight excluding hydrogens is 310 g/mol. The van der Waals surface area contributed by atoms with E-state index in [1.165, 1.54) is 18.4 Å². The van der Waals surface area contributed by atoms with Gasteiger partial charge >= 0.3 is 5.97 Å². The number of hydrogen-bond donors (Lipinski definition) is 0. The van der Waals surface area contributed by atoms with Gasteiger partial charge in [-0.25, -0.2) is 9.79 Å². The van der Waals surface area contributed by atoms with Crippen molar-refractivity contribution in [3.63, 3.8) is 0 Å². The van der Waals surface area contributed by atoms with Gasteiger partial charge in [-0.2, -0.15) is 0 Å². The second-order valence-corrected chi connectivity index (χ2v) is 6.50. The average Bonchev–Trinajstić information content (AvgIpc) is 2.98. The molecule has 4 nitrogen and oxygen atoms in total. The molecule has 5 heteroatoms. The molecular formula is C18H19NO3S. The van der Waals surface area contributed by atoms with Crippen molar-refractivity contribution in [3.8, 4) is 5.75 Å². The van der Waals surface area contributed by atoms with E-state index < -0.39 is 0 Å². The number of carbonyl (C=O) groups is 1. The maximum absolute atomic E-state index is 12.2. The molecule has 0 amide bonds. The Kier molecular flexibility index (Phi) is 4.76. The first-order chi connectivity index (χ1) is 11.2. The summed E-state index contributed by atoms with van der Waals surface area (Å²) >= 11 is 1.60.